The van der Waals surface area contributed by atoms with Gasteiger partial charge >= 0.3 is 12.1 Å². The first-order chi connectivity index (χ1) is 12.8. The zero-order valence-electron chi connectivity index (χ0n) is 14.8. The summed E-state index contributed by atoms with van der Waals surface area (Å²) in [6.07, 6.45) is 0.464. The predicted octanol–water partition coefficient (Wildman–Crippen LogP) is 3.34. The van der Waals surface area contributed by atoms with Crippen LogP contribution in [-0.4, -0.2) is 53.1 Å². The molecule has 146 valence electrons. The Morgan fingerprint density at radius 3 is 2.56 bits per heavy atom. The lowest BCUT2D eigenvalue weighted by Gasteiger charge is -2.49. The van der Waals surface area contributed by atoms with E-state index in [0.29, 0.717) is 0 Å². The van der Waals surface area contributed by atoms with Gasteiger partial charge in [-0.3, -0.25) is 13.9 Å². The van der Waals surface area contributed by atoms with Crippen LogP contribution in [0.3, 0.4) is 0 Å². The van der Waals surface area contributed by atoms with Gasteiger partial charge in [0.2, 0.25) is 11.7 Å². The van der Waals surface area contributed by atoms with Gasteiger partial charge in [0.25, 0.3) is 0 Å². The lowest BCUT2D eigenvalue weighted by molar-refractivity contribution is -0.171. The SMILES string of the molecule is C=CCOC(=O)O[C@H](C)[C@H]1C(=O)N(SC)[C@@H]1C(F)(F)C(=O)c1ccccc1. The first kappa shape index (κ1) is 20.9. The fourth-order valence-electron chi connectivity index (χ4n) is 2.82. The average molecular weight is 399 g/mol. The molecule has 27 heavy (non-hydrogen) atoms. The standard InChI is InChI=1S/C18H19F2NO5S/c1-4-10-25-17(24)26-11(2)13-14(21(27-3)16(13)23)18(19,20)15(22)12-8-6-5-7-9-12/h4-9,11,13-14H,1,10H2,2-3H3/t11-,13-,14+/m1/s1. The normalized spacial score (nSPS) is 20.4. The molecule has 1 saturated heterocycles. The molecule has 0 saturated carbocycles. The van der Waals surface area contributed by atoms with Crippen molar-refractivity contribution < 1.29 is 32.6 Å². The number of hydrogen-bond donors (Lipinski definition) is 0. The van der Waals surface area contributed by atoms with Gasteiger partial charge in [-0.1, -0.05) is 54.9 Å². The monoisotopic (exact) mass is 399 g/mol. The number of carbonyl (C=O) groups excluding carboxylic acids is 3. The molecule has 6 nitrogen and oxygen atoms in total. The zero-order chi connectivity index (χ0) is 20.2. The minimum Gasteiger partial charge on any atom is -0.430 e. The smallest absolute Gasteiger partial charge is 0.430 e. The van der Waals surface area contributed by atoms with Gasteiger partial charge in [0.1, 0.15) is 24.7 Å². The van der Waals surface area contributed by atoms with Gasteiger partial charge in [-0.05, 0) is 6.92 Å². The number of β-lactam (4-membered cyclic amide) rings is 1. The Balaban J connectivity index is 2.22. The molecule has 0 radical (unpaired) electrons. The largest absolute Gasteiger partial charge is 0.508 e. The highest BCUT2D eigenvalue weighted by atomic mass is 32.2. The van der Waals surface area contributed by atoms with E-state index in [9.17, 15) is 23.2 Å². The molecule has 0 bridgehead atoms. The number of carbonyl (C=O) groups is 3. The topological polar surface area (TPSA) is 72.9 Å². The van der Waals surface area contributed by atoms with Crippen LogP contribution in [0.15, 0.2) is 43.0 Å². The van der Waals surface area contributed by atoms with Crippen LogP contribution in [0.25, 0.3) is 0 Å². The maximum atomic E-state index is 15.0. The van der Waals surface area contributed by atoms with Crippen LogP contribution in [-0.2, 0) is 14.3 Å². The molecule has 0 aliphatic carbocycles. The first-order valence-corrected chi connectivity index (χ1v) is 9.23. The highest BCUT2D eigenvalue weighted by molar-refractivity contribution is 7.96. The minimum atomic E-state index is -3.86. The highest BCUT2D eigenvalue weighted by Crippen LogP contribution is 2.45. The van der Waals surface area contributed by atoms with E-state index in [-0.39, 0.29) is 12.2 Å². The molecule has 1 aromatic rings. The Morgan fingerprint density at radius 2 is 2.00 bits per heavy atom. The third-order valence-electron chi connectivity index (χ3n) is 4.11. The van der Waals surface area contributed by atoms with Crippen molar-refractivity contribution in [2.75, 3.05) is 12.9 Å². The van der Waals surface area contributed by atoms with E-state index in [1.807, 2.05) is 0 Å². The van der Waals surface area contributed by atoms with E-state index < -0.39 is 41.8 Å². The summed E-state index contributed by atoms with van der Waals surface area (Å²) in [5.74, 6) is -7.26. The summed E-state index contributed by atoms with van der Waals surface area (Å²) in [7, 11) is 0. The lowest BCUT2D eigenvalue weighted by atomic mass is 9.79. The number of amides is 1. The number of ether oxygens (including phenoxy) is 2. The number of ketones is 1. The molecule has 0 unspecified atom stereocenters. The third-order valence-corrected chi connectivity index (χ3v) is 4.91. The van der Waals surface area contributed by atoms with E-state index in [0.717, 1.165) is 16.3 Å². The van der Waals surface area contributed by atoms with Crippen LogP contribution in [0.4, 0.5) is 13.6 Å². The molecule has 1 aliphatic heterocycles. The van der Waals surface area contributed by atoms with Crippen LogP contribution in [0.2, 0.25) is 0 Å². The minimum absolute atomic E-state index is 0.118. The Labute approximate surface area is 159 Å². The summed E-state index contributed by atoms with van der Waals surface area (Å²) in [5.41, 5.74) is -0.166. The maximum Gasteiger partial charge on any atom is 0.508 e. The fourth-order valence-corrected chi connectivity index (χ4v) is 3.61. The van der Waals surface area contributed by atoms with Crippen molar-refractivity contribution in [3.63, 3.8) is 0 Å². The fraction of sp³-hybridized carbons (Fsp3) is 0.389. The molecule has 1 aliphatic rings. The molecule has 0 aromatic heterocycles. The number of Topliss-reactive ketones (excluding diaryl/α,β-unsaturated/α-hetero) is 1. The van der Waals surface area contributed by atoms with Crippen molar-refractivity contribution in [2.24, 2.45) is 5.92 Å². The van der Waals surface area contributed by atoms with Crippen LogP contribution in [0, 0.1) is 5.92 Å². The number of nitrogens with zero attached hydrogens (tertiary/aromatic N) is 1. The molecular formula is C18H19F2NO5S. The van der Waals surface area contributed by atoms with Crippen LogP contribution >= 0.6 is 11.9 Å². The van der Waals surface area contributed by atoms with Crippen molar-refractivity contribution >= 4 is 29.8 Å². The number of hydrogen-bond acceptors (Lipinski definition) is 6. The second-order valence-corrected chi connectivity index (χ2v) is 6.57. The number of halogens is 2. The average Bonchev–Trinajstić information content (AvgIpc) is 2.64. The molecule has 0 spiro atoms. The van der Waals surface area contributed by atoms with Crippen LogP contribution < -0.4 is 0 Å². The first-order valence-electron chi connectivity index (χ1n) is 8.04. The van der Waals surface area contributed by atoms with Gasteiger partial charge in [-0.2, -0.15) is 8.78 Å². The van der Waals surface area contributed by atoms with Crippen molar-refractivity contribution in [3.05, 3.63) is 48.6 Å². The summed E-state index contributed by atoms with van der Waals surface area (Å²) in [4.78, 5) is 36.2. The summed E-state index contributed by atoms with van der Waals surface area (Å²) < 4.78 is 40.3. The van der Waals surface area contributed by atoms with Gasteiger partial charge in [-0.15, -0.1) is 0 Å². The maximum absolute atomic E-state index is 15.0. The predicted molar refractivity (Wildman–Crippen MR) is 95.5 cm³/mol. The van der Waals surface area contributed by atoms with Crippen LogP contribution in [0.1, 0.15) is 17.3 Å². The van der Waals surface area contributed by atoms with Crippen molar-refractivity contribution in [1.29, 1.82) is 0 Å². The Hall–Kier alpha value is -2.42. The van der Waals surface area contributed by atoms with Crippen molar-refractivity contribution in [3.8, 4) is 0 Å². The molecule has 3 atom stereocenters. The lowest BCUT2D eigenvalue weighted by Crippen LogP contribution is -2.69. The van der Waals surface area contributed by atoms with Crippen LogP contribution in [0.5, 0.6) is 0 Å². The summed E-state index contributed by atoms with van der Waals surface area (Å²) >= 11 is 0.788. The zero-order valence-corrected chi connectivity index (χ0v) is 15.6. The number of benzene rings is 1. The summed E-state index contributed by atoms with van der Waals surface area (Å²) in [5, 5.41) is 0. The molecular weight excluding hydrogens is 380 g/mol. The molecule has 1 aromatic carbocycles. The third kappa shape index (κ3) is 4.13. The molecule has 0 N–H and O–H groups in total. The number of alkyl halides is 2. The summed E-state index contributed by atoms with van der Waals surface area (Å²) in [6, 6.07) is 5.36. The second-order valence-electron chi connectivity index (χ2n) is 5.81. The van der Waals surface area contributed by atoms with E-state index in [1.54, 1.807) is 6.07 Å². The van der Waals surface area contributed by atoms with Gasteiger partial charge in [-0.25, -0.2) is 4.79 Å². The Morgan fingerprint density at radius 1 is 1.37 bits per heavy atom. The van der Waals surface area contributed by atoms with Gasteiger partial charge in [0, 0.05) is 11.8 Å². The molecule has 9 heteroatoms. The molecule has 1 fully saturated rings. The molecule has 1 heterocycles. The van der Waals surface area contributed by atoms with E-state index >= 15 is 0 Å². The van der Waals surface area contributed by atoms with E-state index in [1.165, 1.54) is 43.5 Å². The molecule has 2 rings (SSSR count). The number of rotatable bonds is 8. The Kier molecular flexibility index (Phi) is 6.59. The van der Waals surface area contributed by atoms with Crippen molar-refractivity contribution in [1.82, 2.24) is 4.31 Å². The highest BCUT2D eigenvalue weighted by Gasteiger charge is 2.65. The summed E-state index contributed by atoms with van der Waals surface area (Å²) in [6.45, 7) is 4.56. The van der Waals surface area contributed by atoms with E-state index in [4.69, 9.17) is 4.74 Å². The molecule has 1 amide bonds. The van der Waals surface area contributed by atoms with Gasteiger partial charge < -0.3 is 9.47 Å². The Bertz CT molecular complexity index is 728. The quantitative estimate of drug-likeness (QED) is 0.220. The van der Waals surface area contributed by atoms with Crippen molar-refractivity contribution in [2.45, 2.75) is 25.0 Å². The second kappa shape index (κ2) is 8.51. The van der Waals surface area contributed by atoms with Gasteiger partial charge in [0.05, 0.1) is 0 Å². The van der Waals surface area contributed by atoms with Gasteiger partial charge in [0.15, 0.2) is 0 Å². The van der Waals surface area contributed by atoms with E-state index in [2.05, 4.69) is 11.3 Å².